The molecule has 146 valence electrons. The summed E-state index contributed by atoms with van der Waals surface area (Å²) in [5.74, 6) is 1.13. The number of benzene rings is 1. The molecular formula is C21H34N2O3. The Labute approximate surface area is 157 Å². The van der Waals surface area contributed by atoms with Crippen LogP contribution in [0.15, 0.2) is 24.3 Å². The van der Waals surface area contributed by atoms with Crippen LogP contribution in [0, 0.1) is 5.92 Å². The molecule has 3 rings (SSSR count). The Morgan fingerprint density at radius 3 is 2.69 bits per heavy atom. The van der Waals surface area contributed by atoms with E-state index in [1.165, 1.54) is 32.4 Å². The molecule has 1 N–H and O–H groups in total. The summed E-state index contributed by atoms with van der Waals surface area (Å²) < 4.78 is 11.1. The lowest BCUT2D eigenvalue weighted by Gasteiger charge is -2.35. The standard InChI is InChI=1S/C21H34N2O3/c1-25-14-12-22-10-8-18(9-11-22)15-23(17-20-6-4-13-26-20)16-19-5-2-3-7-21(19)24/h2-3,5,7,18,20,24H,4,6,8-17H2,1H3/t20-/m0/s1. The van der Waals surface area contributed by atoms with Gasteiger partial charge in [-0.25, -0.2) is 0 Å². The largest absolute Gasteiger partial charge is 0.508 e. The smallest absolute Gasteiger partial charge is 0.120 e. The minimum Gasteiger partial charge on any atom is -0.508 e. The van der Waals surface area contributed by atoms with Gasteiger partial charge in [0.25, 0.3) is 0 Å². The van der Waals surface area contributed by atoms with Gasteiger partial charge < -0.3 is 19.5 Å². The van der Waals surface area contributed by atoms with Crippen molar-refractivity contribution in [3.05, 3.63) is 29.8 Å². The number of para-hydroxylation sites is 1. The third kappa shape index (κ3) is 5.95. The van der Waals surface area contributed by atoms with Gasteiger partial charge in [-0.3, -0.25) is 4.90 Å². The molecule has 0 aromatic heterocycles. The topological polar surface area (TPSA) is 45.2 Å². The number of nitrogens with zero attached hydrogens (tertiary/aromatic N) is 2. The maximum absolute atomic E-state index is 10.2. The molecule has 0 spiro atoms. The number of aromatic hydroxyl groups is 1. The van der Waals surface area contributed by atoms with E-state index in [-0.39, 0.29) is 0 Å². The molecule has 0 radical (unpaired) electrons. The van der Waals surface area contributed by atoms with E-state index in [0.29, 0.717) is 11.9 Å². The summed E-state index contributed by atoms with van der Waals surface area (Å²) in [7, 11) is 1.77. The summed E-state index contributed by atoms with van der Waals surface area (Å²) in [5, 5.41) is 10.2. The number of likely N-dealkylation sites (tertiary alicyclic amines) is 1. The minimum absolute atomic E-state index is 0.350. The average molecular weight is 363 g/mol. The zero-order valence-electron chi connectivity index (χ0n) is 16.1. The van der Waals surface area contributed by atoms with Crippen LogP contribution in [0.5, 0.6) is 5.75 Å². The molecule has 5 nitrogen and oxygen atoms in total. The summed E-state index contributed by atoms with van der Waals surface area (Å²) in [6, 6.07) is 7.71. The lowest BCUT2D eigenvalue weighted by molar-refractivity contribution is 0.0549. The highest BCUT2D eigenvalue weighted by molar-refractivity contribution is 5.31. The Hall–Kier alpha value is -1.14. The van der Waals surface area contributed by atoms with Gasteiger partial charge in [-0.15, -0.1) is 0 Å². The number of phenols is 1. The summed E-state index contributed by atoms with van der Waals surface area (Å²) in [6.45, 7) is 7.95. The van der Waals surface area contributed by atoms with Crippen molar-refractivity contribution in [1.82, 2.24) is 9.80 Å². The molecule has 0 unspecified atom stereocenters. The van der Waals surface area contributed by atoms with Gasteiger partial charge in [0.05, 0.1) is 12.7 Å². The second kappa shape index (κ2) is 10.3. The van der Waals surface area contributed by atoms with Crippen molar-refractivity contribution in [2.45, 2.75) is 38.3 Å². The van der Waals surface area contributed by atoms with Crippen LogP contribution < -0.4 is 0 Å². The van der Waals surface area contributed by atoms with Crippen molar-refractivity contribution in [3.8, 4) is 5.75 Å². The van der Waals surface area contributed by atoms with E-state index in [2.05, 4.69) is 9.80 Å². The Kier molecular flexibility index (Phi) is 7.74. The van der Waals surface area contributed by atoms with Gasteiger partial charge in [0.1, 0.15) is 5.75 Å². The quantitative estimate of drug-likeness (QED) is 0.732. The summed E-state index contributed by atoms with van der Waals surface area (Å²) in [6.07, 6.45) is 5.17. The van der Waals surface area contributed by atoms with Crippen molar-refractivity contribution in [3.63, 3.8) is 0 Å². The molecule has 2 aliphatic rings. The van der Waals surface area contributed by atoms with Gasteiger partial charge in [0, 0.05) is 45.5 Å². The number of ether oxygens (including phenoxy) is 2. The fourth-order valence-electron chi connectivity index (χ4n) is 4.14. The highest BCUT2D eigenvalue weighted by atomic mass is 16.5. The zero-order chi connectivity index (χ0) is 18.2. The maximum Gasteiger partial charge on any atom is 0.120 e. The van der Waals surface area contributed by atoms with Gasteiger partial charge in [0.15, 0.2) is 0 Å². The maximum atomic E-state index is 10.2. The Bertz CT molecular complexity index is 526. The van der Waals surface area contributed by atoms with Crippen molar-refractivity contribution in [2.75, 3.05) is 53.0 Å². The van der Waals surface area contributed by atoms with E-state index in [9.17, 15) is 5.11 Å². The lowest BCUT2D eigenvalue weighted by Crippen LogP contribution is -2.41. The molecule has 0 saturated carbocycles. The van der Waals surface area contributed by atoms with E-state index in [1.54, 1.807) is 13.2 Å². The number of rotatable bonds is 9. The summed E-state index contributed by atoms with van der Waals surface area (Å²) in [5.41, 5.74) is 1.02. The van der Waals surface area contributed by atoms with Crippen LogP contribution in [0.1, 0.15) is 31.2 Å². The van der Waals surface area contributed by atoms with Gasteiger partial charge in [-0.1, -0.05) is 18.2 Å². The third-order valence-electron chi connectivity index (χ3n) is 5.71. The molecule has 1 aromatic rings. The molecule has 0 amide bonds. The van der Waals surface area contributed by atoms with Crippen LogP contribution >= 0.6 is 0 Å². The first-order valence-corrected chi connectivity index (χ1v) is 10.1. The average Bonchev–Trinajstić information content (AvgIpc) is 3.16. The zero-order valence-corrected chi connectivity index (χ0v) is 16.1. The highest BCUT2D eigenvalue weighted by Crippen LogP contribution is 2.24. The van der Waals surface area contributed by atoms with Crippen LogP contribution in [-0.4, -0.2) is 74.1 Å². The molecule has 2 aliphatic heterocycles. The Morgan fingerprint density at radius 1 is 1.19 bits per heavy atom. The molecule has 26 heavy (non-hydrogen) atoms. The van der Waals surface area contributed by atoms with E-state index in [4.69, 9.17) is 9.47 Å². The lowest BCUT2D eigenvalue weighted by atomic mass is 9.95. The van der Waals surface area contributed by atoms with E-state index >= 15 is 0 Å². The van der Waals surface area contributed by atoms with Crippen LogP contribution in [-0.2, 0) is 16.0 Å². The van der Waals surface area contributed by atoms with Gasteiger partial charge >= 0.3 is 0 Å². The van der Waals surface area contributed by atoms with Crippen LogP contribution in [0.2, 0.25) is 0 Å². The number of hydrogen-bond acceptors (Lipinski definition) is 5. The van der Waals surface area contributed by atoms with Gasteiger partial charge in [-0.2, -0.15) is 0 Å². The van der Waals surface area contributed by atoms with Crippen LogP contribution in [0.25, 0.3) is 0 Å². The van der Waals surface area contributed by atoms with E-state index in [0.717, 1.165) is 57.3 Å². The van der Waals surface area contributed by atoms with E-state index in [1.807, 2.05) is 18.2 Å². The van der Waals surface area contributed by atoms with Crippen molar-refractivity contribution < 1.29 is 14.6 Å². The number of hydrogen-bond donors (Lipinski definition) is 1. The minimum atomic E-state index is 0.350. The first-order valence-electron chi connectivity index (χ1n) is 10.1. The second-order valence-electron chi connectivity index (χ2n) is 7.74. The van der Waals surface area contributed by atoms with Crippen molar-refractivity contribution >= 4 is 0 Å². The Balaban J connectivity index is 1.54. The van der Waals surface area contributed by atoms with Gasteiger partial charge in [0.2, 0.25) is 0 Å². The molecule has 1 aromatic carbocycles. The number of methoxy groups -OCH3 is 1. The van der Waals surface area contributed by atoms with E-state index < -0.39 is 0 Å². The molecule has 1 atom stereocenters. The number of piperidine rings is 1. The fourth-order valence-corrected chi connectivity index (χ4v) is 4.14. The summed E-state index contributed by atoms with van der Waals surface area (Å²) >= 11 is 0. The third-order valence-corrected chi connectivity index (χ3v) is 5.71. The molecule has 2 fully saturated rings. The molecule has 5 heteroatoms. The SMILES string of the molecule is COCCN1CCC(CN(Cc2ccccc2O)C[C@@H]2CCCO2)CC1. The monoisotopic (exact) mass is 362 g/mol. The first kappa shape index (κ1) is 19.6. The molecular weight excluding hydrogens is 328 g/mol. The molecule has 0 aliphatic carbocycles. The highest BCUT2D eigenvalue weighted by Gasteiger charge is 2.25. The fraction of sp³-hybridized carbons (Fsp3) is 0.714. The number of phenolic OH excluding ortho intramolecular Hbond substituents is 1. The van der Waals surface area contributed by atoms with Gasteiger partial charge in [-0.05, 0) is 50.8 Å². The van der Waals surface area contributed by atoms with Crippen molar-refractivity contribution in [2.24, 2.45) is 5.92 Å². The molecule has 0 bridgehead atoms. The molecule has 2 heterocycles. The second-order valence-corrected chi connectivity index (χ2v) is 7.74. The Morgan fingerprint density at radius 2 is 2.00 bits per heavy atom. The first-order chi connectivity index (χ1) is 12.7. The molecule has 2 saturated heterocycles. The van der Waals surface area contributed by atoms with Crippen LogP contribution in [0.4, 0.5) is 0 Å². The predicted molar refractivity (Wildman–Crippen MR) is 103 cm³/mol. The normalized spacial score (nSPS) is 22.3. The summed E-state index contributed by atoms with van der Waals surface area (Å²) in [4.78, 5) is 5.01. The van der Waals surface area contributed by atoms with Crippen molar-refractivity contribution in [1.29, 1.82) is 0 Å². The van der Waals surface area contributed by atoms with Crippen LogP contribution in [0.3, 0.4) is 0 Å². The predicted octanol–water partition coefficient (Wildman–Crippen LogP) is 2.73.